The number of benzene rings is 1. The number of fused-ring (bicyclic) bond motifs is 1. The lowest BCUT2D eigenvalue weighted by Crippen LogP contribution is -2.32. The largest absolute Gasteiger partial charge is 0.298 e. The molecule has 1 aromatic heterocycles. The first-order valence-electron chi connectivity index (χ1n) is 8.93. The highest BCUT2D eigenvalue weighted by molar-refractivity contribution is 5.90. The fourth-order valence-corrected chi connectivity index (χ4v) is 3.59. The predicted molar refractivity (Wildman–Crippen MR) is 101 cm³/mol. The molecule has 138 valence electrons. The van der Waals surface area contributed by atoms with Crippen LogP contribution >= 0.6 is 0 Å². The lowest BCUT2D eigenvalue weighted by atomic mass is 9.96. The van der Waals surface area contributed by atoms with E-state index >= 15 is 0 Å². The summed E-state index contributed by atoms with van der Waals surface area (Å²) in [6, 6.07) is 6.28. The zero-order chi connectivity index (χ0) is 18.7. The second-order valence-electron chi connectivity index (χ2n) is 6.89. The van der Waals surface area contributed by atoms with Crippen LogP contribution in [0.2, 0.25) is 0 Å². The summed E-state index contributed by atoms with van der Waals surface area (Å²) in [4.78, 5) is 13.6. The molecular formula is C20H26N4O2. The van der Waals surface area contributed by atoms with Gasteiger partial charge in [-0.15, -0.1) is 0 Å². The molecule has 1 amide bonds. The number of carbonyl (C=O) groups is 1. The maximum absolute atomic E-state index is 11.1. The van der Waals surface area contributed by atoms with Crippen LogP contribution in [-0.4, -0.2) is 38.9 Å². The average molecular weight is 354 g/mol. The molecule has 6 nitrogen and oxygen atoms in total. The summed E-state index contributed by atoms with van der Waals surface area (Å²) in [5.41, 5.74) is 8.97. The lowest BCUT2D eigenvalue weighted by molar-refractivity contribution is -0.124. The van der Waals surface area contributed by atoms with Crippen molar-refractivity contribution in [3.05, 3.63) is 57.9 Å². The number of hydrogen-bond donors (Lipinski definition) is 2. The van der Waals surface area contributed by atoms with Crippen LogP contribution in [0.15, 0.2) is 24.3 Å². The molecule has 0 atom stereocenters. The topological polar surface area (TPSA) is 70.4 Å². The number of hydroxylamine groups is 1. The highest BCUT2D eigenvalue weighted by Crippen LogP contribution is 2.22. The first kappa shape index (κ1) is 18.4. The molecule has 0 saturated carbocycles. The second kappa shape index (κ2) is 7.85. The molecular weight excluding hydrogens is 328 g/mol. The Morgan fingerprint density at radius 2 is 2.15 bits per heavy atom. The first-order valence-corrected chi connectivity index (χ1v) is 8.93. The van der Waals surface area contributed by atoms with E-state index in [1.165, 1.54) is 28.5 Å². The molecule has 2 heterocycles. The van der Waals surface area contributed by atoms with E-state index in [4.69, 9.17) is 5.21 Å². The number of rotatable bonds is 5. The van der Waals surface area contributed by atoms with Crippen LogP contribution in [0.4, 0.5) is 0 Å². The van der Waals surface area contributed by atoms with Gasteiger partial charge in [-0.1, -0.05) is 18.2 Å². The highest BCUT2D eigenvalue weighted by Gasteiger charge is 2.17. The maximum atomic E-state index is 11.1. The Bertz CT molecular complexity index is 839. The smallest absolute Gasteiger partial charge is 0.267 e. The molecule has 1 aliphatic heterocycles. The Morgan fingerprint density at radius 3 is 2.85 bits per heavy atom. The molecule has 1 aliphatic rings. The Kier molecular flexibility index (Phi) is 5.54. The zero-order valence-electron chi connectivity index (χ0n) is 15.6. The van der Waals surface area contributed by atoms with Gasteiger partial charge in [-0.25, -0.2) is 5.48 Å². The third kappa shape index (κ3) is 4.03. The summed E-state index contributed by atoms with van der Waals surface area (Å²) >= 11 is 0. The van der Waals surface area contributed by atoms with Crippen LogP contribution in [0.1, 0.15) is 33.6 Å². The van der Waals surface area contributed by atoms with Crippen LogP contribution in [0.25, 0.3) is 6.08 Å². The van der Waals surface area contributed by atoms with Crippen molar-refractivity contribution < 1.29 is 10.0 Å². The number of nitrogens with one attached hydrogen (secondary N) is 1. The van der Waals surface area contributed by atoms with Crippen molar-refractivity contribution in [3.8, 4) is 0 Å². The Hall–Kier alpha value is -2.44. The fraction of sp³-hybridized carbons (Fsp3) is 0.400. The fourth-order valence-electron chi connectivity index (χ4n) is 3.59. The van der Waals surface area contributed by atoms with Gasteiger partial charge in [0.2, 0.25) is 0 Å². The van der Waals surface area contributed by atoms with E-state index in [9.17, 15) is 4.79 Å². The molecule has 0 radical (unpaired) electrons. The molecule has 3 rings (SSSR count). The second-order valence-corrected chi connectivity index (χ2v) is 6.89. The minimum Gasteiger partial charge on any atom is -0.298 e. The molecule has 1 aromatic carbocycles. The number of carbonyl (C=O) groups excluding carboxylic acids is 1. The summed E-state index contributed by atoms with van der Waals surface area (Å²) in [5, 5.41) is 13.1. The number of aryl methyl sites for hydroxylation is 2. The molecule has 6 heteroatoms. The summed E-state index contributed by atoms with van der Waals surface area (Å²) in [7, 11) is 2.00. The third-order valence-corrected chi connectivity index (χ3v) is 5.20. The molecule has 2 aromatic rings. The molecule has 0 fully saturated rings. The third-order valence-electron chi connectivity index (χ3n) is 5.20. The molecule has 0 aliphatic carbocycles. The van der Waals surface area contributed by atoms with Crippen molar-refractivity contribution in [3.63, 3.8) is 0 Å². The number of aromatic nitrogens is 2. The van der Waals surface area contributed by atoms with Crippen LogP contribution in [-0.2, 0) is 31.2 Å². The van der Waals surface area contributed by atoms with E-state index in [0.29, 0.717) is 0 Å². The molecule has 26 heavy (non-hydrogen) atoms. The zero-order valence-corrected chi connectivity index (χ0v) is 15.6. The van der Waals surface area contributed by atoms with Gasteiger partial charge in [0.25, 0.3) is 5.91 Å². The monoisotopic (exact) mass is 354 g/mol. The van der Waals surface area contributed by atoms with Gasteiger partial charge in [0, 0.05) is 38.5 Å². The standard InChI is InChI=1S/C20H26N4O2/c1-14-19(15(2)23(3)21-14)9-11-24-10-8-17-6-4-16(12-18(17)13-24)5-7-20(25)22-26/h4-7,12,26H,8-11,13H2,1-3H3,(H,22,25). The summed E-state index contributed by atoms with van der Waals surface area (Å²) < 4.78 is 1.96. The average Bonchev–Trinajstić information content (AvgIpc) is 2.89. The highest BCUT2D eigenvalue weighted by atomic mass is 16.5. The van der Waals surface area contributed by atoms with Crippen LogP contribution in [0.5, 0.6) is 0 Å². The van der Waals surface area contributed by atoms with Gasteiger partial charge in [0.15, 0.2) is 0 Å². The molecule has 2 N–H and O–H groups in total. The van der Waals surface area contributed by atoms with Crippen molar-refractivity contribution in [2.45, 2.75) is 33.2 Å². The minimum absolute atomic E-state index is 0.522. The first-order chi connectivity index (χ1) is 12.5. The number of hydrogen-bond acceptors (Lipinski definition) is 4. The van der Waals surface area contributed by atoms with Crippen molar-refractivity contribution >= 4 is 12.0 Å². The van der Waals surface area contributed by atoms with E-state index in [1.807, 2.05) is 17.8 Å². The van der Waals surface area contributed by atoms with E-state index in [2.05, 4.69) is 36.0 Å². The quantitative estimate of drug-likeness (QED) is 0.490. The normalized spacial score (nSPS) is 14.6. The molecule has 0 spiro atoms. The van der Waals surface area contributed by atoms with Gasteiger partial charge in [-0.05, 0) is 55.0 Å². The van der Waals surface area contributed by atoms with Gasteiger partial charge >= 0.3 is 0 Å². The Balaban J connectivity index is 1.66. The summed E-state index contributed by atoms with van der Waals surface area (Å²) in [6.07, 6.45) is 5.10. The van der Waals surface area contributed by atoms with Crippen LogP contribution in [0, 0.1) is 13.8 Å². The van der Waals surface area contributed by atoms with Crippen molar-refractivity contribution in [1.82, 2.24) is 20.2 Å². The van der Waals surface area contributed by atoms with E-state index in [0.717, 1.165) is 43.7 Å². The van der Waals surface area contributed by atoms with Gasteiger partial charge in [-0.2, -0.15) is 5.10 Å². The Morgan fingerprint density at radius 1 is 1.35 bits per heavy atom. The van der Waals surface area contributed by atoms with Gasteiger partial charge in [0.1, 0.15) is 0 Å². The SMILES string of the molecule is Cc1nn(C)c(C)c1CCN1CCc2ccc(C=CC(=O)NO)cc2C1. The van der Waals surface area contributed by atoms with Crippen LogP contribution < -0.4 is 5.48 Å². The molecule has 0 saturated heterocycles. The summed E-state index contributed by atoms with van der Waals surface area (Å²) in [5.74, 6) is -0.522. The summed E-state index contributed by atoms with van der Waals surface area (Å²) in [6.45, 7) is 7.20. The predicted octanol–water partition coefficient (Wildman–Crippen LogP) is 2.16. The van der Waals surface area contributed by atoms with Crippen LogP contribution in [0.3, 0.4) is 0 Å². The van der Waals surface area contributed by atoms with Crippen molar-refractivity contribution in [1.29, 1.82) is 0 Å². The molecule has 0 unspecified atom stereocenters. The van der Waals surface area contributed by atoms with E-state index in [-0.39, 0.29) is 0 Å². The Labute approximate surface area is 154 Å². The number of nitrogens with zero attached hydrogens (tertiary/aromatic N) is 3. The maximum Gasteiger partial charge on any atom is 0.267 e. The van der Waals surface area contributed by atoms with E-state index in [1.54, 1.807) is 11.6 Å². The van der Waals surface area contributed by atoms with Gasteiger partial charge < -0.3 is 0 Å². The lowest BCUT2D eigenvalue weighted by Gasteiger charge is -2.29. The minimum atomic E-state index is -0.522. The van der Waals surface area contributed by atoms with Gasteiger partial charge in [0.05, 0.1) is 5.69 Å². The number of amides is 1. The van der Waals surface area contributed by atoms with E-state index < -0.39 is 5.91 Å². The van der Waals surface area contributed by atoms with Crippen molar-refractivity contribution in [2.24, 2.45) is 7.05 Å². The van der Waals surface area contributed by atoms with Crippen molar-refractivity contribution in [2.75, 3.05) is 13.1 Å². The molecule has 0 bridgehead atoms. The van der Waals surface area contributed by atoms with Gasteiger partial charge in [-0.3, -0.25) is 19.6 Å².